The monoisotopic (exact) mass is 267 g/mol. The Morgan fingerprint density at radius 1 is 1.28 bits per heavy atom. The van der Waals surface area contributed by atoms with E-state index in [2.05, 4.69) is 15.5 Å². The zero-order chi connectivity index (χ0) is 12.8. The second-order valence-corrected chi connectivity index (χ2v) is 4.74. The number of rotatable bonds is 6. The third kappa shape index (κ3) is 3.56. The average molecular weight is 267 g/mol. The second-order valence-electron chi connectivity index (χ2n) is 3.68. The maximum absolute atomic E-state index is 12.8. The largest absolute Gasteiger partial charge is 0.383 e. The summed E-state index contributed by atoms with van der Waals surface area (Å²) >= 11 is 1.50. The van der Waals surface area contributed by atoms with Gasteiger partial charge < -0.3 is 10.1 Å². The highest BCUT2D eigenvalue weighted by Gasteiger charge is 2.06. The first-order chi connectivity index (χ1) is 8.79. The molecule has 2 rings (SSSR count). The van der Waals surface area contributed by atoms with Crippen LogP contribution in [0.1, 0.15) is 5.01 Å². The topological polar surface area (TPSA) is 47.0 Å². The highest BCUT2D eigenvalue weighted by Crippen LogP contribution is 2.23. The first-order valence-electron chi connectivity index (χ1n) is 5.57. The lowest BCUT2D eigenvalue weighted by molar-refractivity contribution is 0.199. The van der Waals surface area contributed by atoms with Gasteiger partial charge in [0.15, 0.2) is 0 Å². The van der Waals surface area contributed by atoms with Gasteiger partial charge in [0.05, 0.1) is 6.61 Å². The molecule has 0 unspecified atom stereocenters. The molecule has 0 fully saturated rings. The lowest BCUT2D eigenvalue weighted by Crippen LogP contribution is -2.18. The Bertz CT molecular complexity index is 486. The summed E-state index contributed by atoms with van der Waals surface area (Å²) in [6, 6.07) is 6.26. The summed E-state index contributed by atoms with van der Waals surface area (Å²) in [6.45, 7) is 2.12. The number of nitrogens with zero attached hydrogens (tertiary/aromatic N) is 2. The van der Waals surface area contributed by atoms with Crippen LogP contribution in [-0.4, -0.2) is 30.5 Å². The fourth-order valence-corrected chi connectivity index (χ4v) is 2.22. The molecular formula is C12H14FN3OS. The number of halogens is 1. The summed E-state index contributed by atoms with van der Waals surface area (Å²) in [5.74, 6) is -0.246. The van der Waals surface area contributed by atoms with Crippen molar-refractivity contribution < 1.29 is 9.13 Å². The van der Waals surface area contributed by atoms with Gasteiger partial charge in [-0.1, -0.05) is 11.3 Å². The van der Waals surface area contributed by atoms with E-state index in [-0.39, 0.29) is 5.82 Å². The van der Waals surface area contributed by atoms with Gasteiger partial charge in [-0.05, 0) is 24.3 Å². The van der Waals surface area contributed by atoms with E-state index < -0.39 is 0 Å². The molecule has 0 bridgehead atoms. The number of methoxy groups -OCH3 is 1. The summed E-state index contributed by atoms with van der Waals surface area (Å²) in [4.78, 5) is 0. The highest BCUT2D eigenvalue weighted by atomic mass is 32.1. The average Bonchev–Trinajstić information content (AvgIpc) is 2.84. The molecular weight excluding hydrogens is 253 g/mol. The Morgan fingerprint density at radius 2 is 2.06 bits per heavy atom. The molecule has 0 spiro atoms. The van der Waals surface area contributed by atoms with Crippen molar-refractivity contribution in [3.8, 4) is 10.6 Å². The lowest BCUT2D eigenvalue weighted by Gasteiger charge is -1.99. The minimum atomic E-state index is -0.246. The number of benzene rings is 1. The Kier molecular flexibility index (Phi) is 4.74. The highest BCUT2D eigenvalue weighted by molar-refractivity contribution is 7.14. The van der Waals surface area contributed by atoms with Crippen LogP contribution in [0.5, 0.6) is 0 Å². The third-order valence-electron chi connectivity index (χ3n) is 2.32. The van der Waals surface area contributed by atoms with Crippen molar-refractivity contribution >= 4 is 11.3 Å². The van der Waals surface area contributed by atoms with Crippen molar-refractivity contribution in [1.82, 2.24) is 15.5 Å². The molecule has 1 aromatic heterocycles. The van der Waals surface area contributed by atoms with Gasteiger partial charge in [-0.15, -0.1) is 10.2 Å². The minimum absolute atomic E-state index is 0.246. The van der Waals surface area contributed by atoms with E-state index in [9.17, 15) is 4.39 Å². The maximum atomic E-state index is 12.8. The summed E-state index contributed by atoms with van der Waals surface area (Å²) in [6.07, 6.45) is 0. The summed E-state index contributed by atoms with van der Waals surface area (Å²) in [5, 5.41) is 13.1. The normalized spacial score (nSPS) is 10.8. The molecule has 1 heterocycles. The molecule has 0 atom stereocenters. The number of aromatic nitrogens is 2. The van der Waals surface area contributed by atoms with Crippen molar-refractivity contribution in [1.29, 1.82) is 0 Å². The first kappa shape index (κ1) is 13.1. The zero-order valence-electron chi connectivity index (χ0n) is 10.0. The van der Waals surface area contributed by atoms with E-state index in [4.69, 9.17) is 4.74 Å². The molecule has 1 aromatic carbocycles. The maximum Gasteiger partial charge on any atom is 0.147 e. The smallest absolute Gasteiger partial charge is 0.147 e. The van der Waals surface area contributed by atoms with Crippen LogP contribution in [-0.2, 0) is 11.3 Å². The number of ether oxygens (including phenoxy) is 1. The van der Waals surface area contributed by atoms with Crippen LogP contribution in [0.3, 0.4) is 0 Å². The van der Waals surface area contributed by atoms with Crippen LogP contribution >= 0.6 is 11.3 Å². The molecule has 0 aliphatic carbocycles. The molecule has 1 N–H and O–H groups in total. The molecule has 0 aliphatic rings. The van der Waals surface area contributed by atoms with Gasteiger partial charge in [0.2, 0.25) is 0 Å². The Balaban J connectivity index is 1.95. The predicted octanol–water partition coefficient (Wildman–Crippen LogP) is 2.08. The molecule has 2 aromatic rings. The molecule has 96 valence electrons. The van der Waals surface area contributed by atoms with E-state index in [1.54, 1.807) is 19.2 Å². The van der Waals surface area contributed by atoms with Crippen LogP contribution in [0.15, 0.2) is 24.3 Å². The van der Waals surface area contributed by atoms with Gasteiger partial charge >= 0.3 is 0 Å². The van der Waals surface area contributed by atoms with Gasteiger partial charge in [-0.25, -0.2) is 4.39 Å². The van der Waals surface area contributed by atoms with Crippen LogP contribution in [0.2, 0.25) is 0 Å². The van der Waals surface area contributed by atoms with Crippen LogP contribution in [0.25, 0.3) is 10.6 Å². The van der Waals surface area contributed by atoms with E-state index in [1.165, 1.54) is 23.5 Å². The van der Waals surface area contributed by atoms with Gasteiger partial charge in [0, 0.05) is 25.8 Å². The minimum Gasteiger partial charge on any atom is -0.383 e. The zero-order valence-corrected chi connectivity index (χ0v) is 10.8. The lowest BCUT2D eigenvalue weighted by atomic mass is 10.2. The number of nitrogens with one attached hydrogen (secondary N) is 1. The van der Waals surface area contributed by atoms with E-state index >= 15 is 0 Å². The van der Waals surface area contributed by atoms with E-state index in [1.807, 2.05) is 0 Å². The standard InChI is InChI=1S/C12H14FN3OS/c1-17-7-6-14-8-11-15-16-12(18-11)9-2-4-10(13)5-3-9/h2-5,14H,6-8H2,1H3. The van der Waals surface area contributed by atoms with Crippen LogP contribution in [0, 0.1) is 5.82 Å². The molecule has 0 saturated heterocycles. The quantitative estimate of drug-likeness (QED) is 0.814. The molecule has 0 saturated carbocycles. The van der Waals surface area contributed by atoms with Crippen molar-refractivity contribution in [2.24, 2.45) is 0 Å². The van der Waals surface area contributed by atoms with Gasteiger partial charge in [0.25, 0.3) is 0 Å². The third-order valence-corrected chi connectivity index (χ3v) is 3.29. The molecule has 0 amide bonds. The predicted molar refractivity (Wildman–Crippen MR) is 68.9 cm³/mol. The first-order valence-corrected chi connectivity index (χ1v) is 6.39. The van der Waals surface area contributed by atoms with Crippen LogP contribution in [0.4, 0.5) is 4.39 Å². The Morgan fingerprint density at radius 3 is 2.78 bits per heavy atom. The SMILES string of the molecule is COCCNCc1nnc(-c2ccc(F)cc2)s1. The van der Waals surface area contributed by atoms with Gasteiger partial charge in [-0.2, -0.15) is 0 Å². The Labute approximate surface area is 109 Å². The molecule has 18 heavy (non-hydrogen) atoms. The van der Waals surface area contributed by atoms with E-state index in [0.29, 0.717) is 13.2 Å². The molecule has 0 aliphatic heterocycles. The number of hydrogen-bond donors (Lipinski definition) is 1. The van der Waals surface area contributed by atoms with Crippen molar-refractivity contribution in [3.05, 3.63) is 35.1 Å². The van der Waals surface area contributed by atoms with E-state index in [0.717, 1.165) is 22.1 Å². The summed E-state index contributed by atoms with van der Waals surface area (Å²) in [5.41, 5.74) is 0.886. The van der Waals surface area contributed by atoms with Gasteiger partial charge in [0.1, 0.15) is 15.8 Å². The molecule has 0 radical (unpaired) electrons. The number of hydrogen-bond acceptors (Lipinski definition) is 5. The summed E-state index contributed by atoms with van der Waals surface area (Å²) < 4.78 is 17.7. The fourth-order valence-electron chi connectivity index (χ4n) is 1.40. The van der Waals surface area contributed by atoms with Gasteiger partial charge in [-0.3, -0.25) is 0 Å². The van der Waals surface area contributed by atoms with Crippen molar-refractivity contribution in [3.63, 3.8) is 0 Å². The molecule has 6 heteroatoms. The van der Waals surface area contributed by atoms with Crippen LogP contribution < -0.4 is 5.32 Å². The van der Waals surface area contributed by atoms with Crippen molar-refractivity contribution in [2.45, 2.75) is 6.54 Å². The van der Waals surface area contributed by atoms with Crippen molar-refractivity contribution in [2.75, 3.05) is 20.3 Å². The second kappa shape index (κ2) is 6.53. The fraction of sp³-hybridized carbons (Fsp3) is 0.333. The Hall–Kier alpha value is -1.37. The molecule has 4 nitrogen and oxygen atoms in total. The summed E-state index contributed by atoms with van der Waals surface area (Å²) in [7, 11) is 1.67.